The van der Waals surface area contributed by atoms with E-state index in [1.165, 1.54) is 24.0 Å². The van der Waals surface area contributed by atoms with Crippen LogP contribution in [0.4, 0.5) is 8.78 Å². The van der Waals surface area contributed by atoms with E-state index in [4.69, 9.17) is 17.3 Å². The van der Waals surface area contributed by atoms with Crippen LogP contribution in [0, 0.1) is 5.82 Å². The summed E-state index contributed by atoms with van der Waals surface area (Å²) in [5.74, 6) is -2.42. The van der Waals surface area contributed by atoms with Crippen molar-refractivity contribution >= 4 is 46.0 Å². The fourth-order valence-corrected chi connectivity index (χ4v) is 5.53. The number of primary amides is 1. The Hall–Kier alpha value is -3.79. The zero-order chi connectivity index (χ0) is 28.1. The molecule has 0 unspecified atom stereocenters. The van der Waals surface area contributed by atoms with Crippen molar-refractivity contribution in [3.63, 3.8) is 0 Å². The van der Waals surface area contributed by atoms with E-state index in [2.05, 4.69) is 5.32 Å². The summed E-state index contributed by atoms with van der Waals surface area (Å²) in [5, 5.41) is 3.10. The molecule has 2 aliphatic rings. The van der Waals surface area contributed by atoms with Gasteiger partial charge in [-0.05, 0) is 37.5 Å². The number of carbonyl (C=O) groups excluding carboxylic acids is 4. The first-order valence-electron chi connectivity index (χ1n) is 12.6. The van der Waals surface area contributed by atoms with Crippen molar-refractivity contribution in [2.45, 2.75) is 56.9 Å². The largest absolute Gasteiger partial charge is 0.369 e. The van der Waals surface area contributed by atoms with E-state index in [0.717, 1.165) is 0 Å². The summed E-state index contributed by atoms with van der Waals surface area (Å²) in [4.78, 5) is 51.9. The van der Waals surface area contributed by atoms with Crippen LogP contribution in [0.2, 0.25) is 5.02 Å². The number of hydrogen-bond acceptors (Lipinski definition) is 4. The van der Waals surface area contributed by atoms with Gasteiger partial charge in [-0.2, -0.15) is 0 Å². The number of hydrogen-bond donors (Lipinski definition) is 2. The average Bonchev–Trinajstić information content (AvgIpc) is 3.51. The highest BCUT2D eigenvalue weighted by molar-refractivity contribution is 6.30. The summed E-state index contributed by atoms with van der Waals surface area (Å²) in [5.41, 5.74) is 6.71. The molecule has 1 saturated heterocycles. The molecule has 0 bridgehead atoms. The summed E-state index contributed by atoms with van der Waals surface area (Å²) < 4.78 is 30.2. The molecule has 8 nitrogen and oxygen atoms in total. The second kappa shape index (κ2) is 10.1. The average molecular weight is 557 g/mol. The van der Waals surface area contributed by atoms with Gasteiger partial charge >= 0.3 is 0 Å². The van der Waals surface area contributed by atoms with Crippen LogP contribution in [0.15, 0.2) is 42.6 Å². The Kier molecular flexibility index (Phi) is 6.92. The van der Waals surface area contributed by atoms with Gasteiger partial charge in [0.15, 0.2) is 5.78 Å². The molecule has 11 heteroatoms. The number of amides is 3. The van der Waals surface area contributed by atoms with Crippen LogP contribution >= 0.6 is 11.6 Å². The van der Waals surface area contributed by atoms with Gasteiger partial charge in [0.05, 0.1) is 17.0 Å². The highest BCUT2D eigenvalue weighted by Gasteiger charge is 2.50. The fourth-order valence-electron chi connectivity index (χ4n) is 5.33. The van der Waals surface area contributed by atoms with Crippen LogP contribution < -0.4 is 11.1 Å². The normalized spacial score (nSPS) is 19.7. The number of ketones is 1. The van der Waals surface area contributed by atoms with E-state index in [1.807, 2.05) is 0 Å². The first-order valence-corrected chi connectivity index (χ1v) is 13.0. The van der Waals surface area contributed by atoms with Gasteiger partial charge in [-0.1, -0.05) is 35.9 Å². The highest BCUT2D eigenvalue weighted by Crippen LogP contribution is 2.48. The lowest BCUT2D eigenvalue weighted by Crippen LogP contribution is -2.46. The molecule has 2 aromatic carbocycles. The fraction of sp³-hybridized carbons (Fsp3) is 0.357. The molecule has 204 valence electrons. The molecule has 0 radical (unpaired) electrons. The molecule has 39 heavy (non-hydrogen) atoms. The highest BCUT2D eigenvalue weighted by atomic mass is 35.5. The van der Waals surface area contributed by atoms with Crippen molar-refractivity contribution < 1.29 is 28.0 Å². The lowest BCUT2D eigenvalue weighted by Gasteiger charge is -2.24. The number of alkyl halides is 1. The zero-order valence-electron chi connectivity index (χ0n) is 21.2. The first kappa shape index (κ1) is 26.8. The quantitative estimate of drug-likeness (QED) is 0.414. The minimum atomic E-state index is -1.40. The van der Waals surface area contributed by atoms with Gasteiger partial charge in [0.25, 0.3) is 0 Å². The number of Topliss-reactive ketones (excluding diaryl/α,β-unsaturated/α-hetero) is 1. The summed E-state index contributed by atoms with van der Waals surface area (Å²) in [6, 6.07) is 8.60. The third kappa shape index (κ3) is 4.89. The Bertz CT molecular complexity index is 1520. The predicted molar refractivity (Wildman–Crippen MR) is 140 cm³/mol. The van der Waals surface area contributed by atoms with Crippen LogP contribution in [0.1, 0.15) is 47.7 Å². The van der Waals surface area contributed by atoms with Gasteiger partial charge in [-0.15, -0.1) is 0 Å². The lowest BCUT2D eigenvalue weighted by molar-refractivity contribution is -0.139. The second-order valence-electron chi connectivity index (χ2n) is 10.2. The van der Waals surface area contributed by atoms with Gasteiger partial charge < -0.3 is 20.5 Å². The van der Waals surface area contributed by atoms with Crippen molar-refractivity contribution in [3.05, 3.63) is 70.1 Å². The Morgan fingerprint density at radius 1 is 1.18 bits per heavy atom. The van der Waals surface area contributed by atoms with Gasteiger partial charge in [-0.3, -0.25) is 19.2 Å². The van der Waals surface area contributed by atoms with Crippen molar-refractivity contribution in [2.24, 2.45) is 5.73 Å². The van der Waals surface area contributed by atoms with E-state index in [0.29, 0.717) is 34.9 Å². The number of nitrogens with two attached hydrogens (primary N) is 1. The molecule has 3 amide bonds. The molecule has 1 aliphatic heterocycles. The van der Waals surface area contributed by atoms with Crippen molar-refractivity contribution in [2.75, 3.05) is 6.54 Å². The predicted octanol–water partition coefficient (Wildman–Crippen LogP) is 3.41. The molecule has 2 heterocycles. The summed E-state index contributed by atoms with van der Waals surface area (Å²) >= 11 is 5.80. The summed E-state index contributed by atoms with van der Waals surface area (Å²) in [6.07, 6.45) is 1.20. The Labute approximate surface area is 228 Å². The van der Waals surface area contributed by atoms with Gasteiger partial charge in [0.2, 0.25) is 17.7 Å². The molecular formula is C28H27ClF2N4O4. The van der Waals surface area contributed by atoms with E-state index < -0.39 is 41.2 Å². The number of halogens is 3. The lowest BCUT2D eigenvalue weighted by atomic mass is 9.94. The number of carbonyl (C=O) groups is 4. The maximum Gasteiger partial charge on any atom is 0.243 e. The van der Waals surface area contributed by atoms with Crippen LogP contribution in [0.25, 0.3) is 10.9 Å². The van der Waals surface area contributed by atoms with Crippen molar-refractivity contribution in [3.8, 4) is 0 Å². The second-order valence-corrected chi connectivity index (χ2v) is 10.6. The molecule has 2 atom stereocenters. The molecule has 5 rings (SSSR count). The molecule has 0 spiro atoms. The number of aromatic nitrogens is 1. The van der Waals surface area contributed by atoms with Crippen LogP contribution in [0.3, 0.4) is 0 Å². The first-order chi connectivity index (χ1) is 18.5. The number of fused-ring (bicyclic) bond motifs is 1. The zero-order valence-corrected chi connectivity index (χ0v) is 21.9. The minimum absolute atomic E-state index is 0.0845. The molecular weight excluding hydrogens is 530 g/mol. The van der Waals surface area contributed by atoms with Crippen LogP contribution in [-0.2, 0) is 32.9 Å². The number of nitrogens with one attached hydrogen (secondary N) is 1. The Morgan fingerprint density at radius 2 is 1.92 bits per heavy atom. The monoisotopic (exact) mass is 556 g/mol. The molecule has 1 saturated carbocycles. The summed E-state index contributed by atoms with van der Waals surface area (Å²) in [7, 11) is 0. The topological polar surface area (TPSA) is 114 Å². The maximum atomic E-state index is 14.4. The molecule has 2 fully saturated rings. The SMILES string of the molecule is CC(=O)c1cn(CC(=O)N2C[C@H](F)C[C@H]2C(=O)NCc2cccc(Cl)c2F)c2cc(C3(C(N)=O)CC3)ccc12. The maximum absolute atomic E-state index is 14.4. The van der Waals surface area contributed by atoms with E-state index in [-0.39, 0.29) is 42.4 Å². The van der Waals surface area contributed by atoms with Crippen molar-refractivity contribution in [1.82, 2.24) is 14.8 Å². The van der Waals surface area contributed by atoms with E-state index >= 15 is 0 Å². The molecule has 3 aromatic rings. The Morgan fingerprint density at radius 3 is 2.59 bits per heavy atom. The number of likely N-dealkylation sites (tertiary alicyclic amines) is 1. The van der Waals surface area contributed by atoms with Gasteiger partial charge in [0.1, 0.15) is 24.6 Å². The van der Waals surface area contributed by atoms with Gasteiger partial charge in [-0.25, -0.2) is 8.78 Å². The smallest absolute Gasteiger partial charge is 0.243 e. The van der Waals surface area contributed by atoms with E-state index in [9.17, 15) is 28.0 Å². The number of benzene rings is 2. The van der Waals surface area contributed by atoms with Crippen molar-refractivity contribution in [1.29, 1.82) is 0 Å². The minimum Gasteiger partial charge on any atom is -0.369 e. The third-order valence-corrected chi connectivity index (χ3v) is 7.99. The number of rotatable bonds is 8. The molecule has 1 aromatic heterocycles. The Balaban J connectivity index is 1.38. The molecule has 1 aliphatic carbocycles. The van der Waals surface area contributed by atoms with Gasteiger partial charge in [0, 0.05) is 41.2 Å². The number of nitrogens with zero attached hydrogens (tertiary/aromatic N) is 2. The third-order valence-electron chi connectivity index (χ3n) is 7.70. The summed E-state index contributed by atoms with van der Waals surface area (Å²) in [6.45, 7) is 0.723. The standard InChI is InChI=1S/C28H27ClF2N4O4/c1-15(36)20-13-34(22-9-17(5-6-19(20)22)28(7-8-28)27(32)39)14-24(37)35-12-18(30)10-23(35)26(38)33-11-16-3-2-4-21(29)25(16)31/h2-6,9,13,18,23H,7-8,10-12,14H2,1H3,(H2,32,39)(H,33,38)/t18-,23+/m1/s1. The van der Waals surface area contributed by atoms with E-state index in [1.54, 1.807) is 35.0 Å². The molecule has 3 N–H and O–H groups in total. The van der Waals surface area contributed by atoms with Crippen LogP contribution in [-0.4, -0.2) is 51.7 Å². The van der Waals surface area contributed by atoms with Crippen LogP contribution in [0.5, 0.6) is 0 Å².